The number of halogens is 1. The van der Waals surface area contributed by atoms with E-state index < -0.39 is 17.6 Å². The number of hydrogen-bond donors (Lipinski definition) is 1. The Morgan fingerprint density at radius 2 is 1.53 bits per heavy atom. The summed E-state index contributed by atoms with van der Waals surface area (Å²) in [6.45, 7) is 1.95. The number of ether oxygens (including phenoxy) is 1. The highest BCUT2D eigenvalue weighted by atomic mass is 19.1. The lowest BCUT2D eigenvalue weighted by molar-refractivity contribution is -0.120. The molecular weight excluding hydrogens is 383 g/mol. The average molecular weight is 402 g/mol. The number of imide groups is 1. The highest BCUT2D eigenvalue weighted by Crippen LogP contribution is 2.35. The van der Waals surface area contributed by atoms with Gasteiger partial charge in [0.25, 0.3) is 11.8 Å². The number of nitrogens with zero attached hydrogens (tertiary/aromatic N) is 1. The van der Waals surface area contributed by atoms with E-state index in [1.54, 1.807) is 37.4 Å². The Morgan fingerprint density at radius 1 is 0.867 bits per heavy atom. The minimum Gasteiger partial charge on any atom is -0.497 e. The maximum Gasteiger partial charge on any atom is 0.282 e. The molecule has 4 rings (SSSR count). The molecule has 1 aliphatic rings. The van der Waals surface area contributed by atoms with Crippen molar-refractivity contribution in [1.29, 1.82) is 0 Å². The molecular formula is C24H19FN2O3. The van der Waals surface area contributed by atoms with E-state index in [0.717, 1.165) is 10.5 Å². The molecule has 0 atom stereocenters. The van der Waals surface area contributed by atoms with Gasteiger partial charge in [0.1, 0.15) is 17.3 Å². The Bertz CT molecular complexity index is 1150. The molecule has 2 amide bonds. The average Bonchev–Trinajstić information content (AvgIpc) is 3.00. The predicted octanol–water partition coefficient (Wildman–Crippen LogP) is 4.54. The van der Waals surface area contributed by atoms with E-state index in [1.807, 2.05) is 31.2 Å². The van der Waals surface area contributed by atoms with Gasteiger partial charge in [0, 0.05) is 5.69 Å². The van der Waals surface area contributed by atoms with Crippen molar-refractivity contribution in [2.45, 2.75) is 6.92 Å². The molecule has 1 heterocycles. The van der Waals surface area contributed by atoms with Crippen molar-refractivity contribution in [2.24, 2.45) is 0 Å². The number of nitrogens with one attached hydrogen (secondary N) is 1. The molecule has 0 spiro atoms. The van der Waals surface area contributed by atoms with Crippen LogP contribution in [0.3, 0.4) is 0 Å². The second-order valence-electron chi connectivity index (χ2n) is 6.87. The van der Waals surface area contributed by atoms with Crippen LogP contribution in [0.2, 0.25) is 0 Å². The summed E-state index contributed by atoms with van der Waals surface area (Å²) in [6, 6.07) is 19.9. The summed E-state index contributed by atoms with van der Waals surface area (Å²) >= 11 is 0. The van der Waals surface area contributed by atoms with Gasteiger partial charge in [-0.15, -0.1) is 0 Å². The normalized spacial score (nSPS) is 13.8. The molecule has 3 aromatic rings. The molecule has 6 heteroatoms. The number of anilines is 2. The molecule has 5 nitrogen and oxygen atoms in total. The van der Waals surface area contributed by atoms with Gasteiger partial charge in [0.2, 0.25) is 0 Å². The summed E-state index contributed by atoms with van der Waals surface area (Å²) in [5.41, 5.74) is 2.43. The maximum atomic E-state index is 14.4. The van der Waals surface area contributed by atoms with Gasteiger partial charge in [-0.2, -0.15) is 0 Å². The number of carbonyl (C=O) groups is 2. The van der Waals surface area contributed by atoms with E-state index in [0.29, 0.717) is 17.0 Å². The highest BCUT2D eigenvalue weighted by Gasteiger charge is 2.41. The third-order valence-corrected chi connectivity index (χ3v) is 4.88. The quantitative estimate of drug-likeness (QED) is 0.637. The van der Waals surface area contributed by atoms with Crippen LogP contribution < -0.4 is 15.0 Å². The van der Waals surface area contributed by atoms with Gasteiger partial charge in [-0.3, -0.25) is 9.59 Å². The Kier molecular flexibility index (Phi) is 5.06. The van der Waals surface area contributed by atoms with Crippen molar-refractivity contribution in [1.82, 2.24) is 0 Å². The molecule has 0 aromatic heterocycles. The Hall–Kier alpha value is -3.93. The number of methoxy groups -OCH3 is 1. The molecule has 0 unspecified atom stereocenters. The Morgan fingerprint density at radius 3 is 2.17 bits per heavy atom. The smallest absolute Gasteiger partial charge is 0.282 e. The number of aryl methyl sites for hydroxylation is 1. The lowest BCUT2D eigenvalue weighted by Crippen LogP contribution is -2.33. The van der Waals surface area contributed by atoms with Gasteiger partial charge in [0.15, 0.2) is 0 Å². The van der Waals surface area contributed by atoms with Crippen LogP contribution in [0.25, 0.3) is 5.57 Å². The van der Waals surface area contributed by atoms with Crippen LogP contribution in [0.5, 0.6) is 5.75 Å². The number of carbonyl (C=O) groups excluding carboxylic acids is 2. The molecule has 3 aromatic carbocycles. The second-order valence-corrected chi connectivity index (χ2v) is 6.87. The van der Waals surface area contributed by atoms with E-state index in [2.05, 4.69) is 5.32 Å². The van der Waals surface area contributed by atoms with Crippen LogP contribution in [0.15, 0.2) is 78.5 Å². The van der Waals surface area contributed by atoms with E-state index in [9.17, 15) is 14.0 Å². The van der Waals surface area contributed by atoms with Crippen molar-refractivity contribution in [3.8, 4) is 5.75 Å². The SMILES string of the molecule is COc1ccc(C2=C(Nc3ccc(C)cc3)C(=O)N(c3ccccc3F)C2=O)cc1. The number of amides is 2. The lowest BCUT2D eigenvalue weighted by Gasteiger charge is -2.16. The van der Waals surface area contributed by atoms with Gasteiger partial charge in [-0.1, -0.05) is 42.0 Å². The first kappa shape index (κ1) is 19.4. The zero-order valence-electron chi connectivity index (χ0n) is 16.5. The maximum absolute atomic E-state index is 14.4. The van der Waals surface area contributed by atoms with Crippen molar-refractivity contribution >= 4 is 28.8 Å². The summed E-state index contributed by atoms with van der Waals surface area (Å²) < 4.78 is 19.6. The summed E-state index contributed by atoms with van der Waals surface area (Å²) in [7, 11) is 1.54. The van der Waals surface area contributed by atoms with E-state index >= 15 is 0 Å². The van der Waals surface area contributed by atoms with E-state index in [-0.39, 0.29) is 17.0 Å². The minimum absolute atomic E-state index is 0.0841. The Balaban J connectivity index is 1.82. The zero-order chi connectivity index (χ0) is 21.3. The lowest BCUT2D eigenvalue weighted by atomic mass is 10.0. The molecule has 0 saturated carbocycles. The van der Waals surface area contributed by atoms with Crippen LogP contribution in [-0.2, 0) is 9.59 Å². The van der Waals surface area contributed by atoms with Crippen molar-refractivity contribution in [3.63, 3.8) is 0 Å². The van der Waals surface area contributed by atoms with Crippen molar-refractivity contribution in [2.75, 3.05) is 17.3 Å². The molecule has 0 bridgehead atoms. The first-order chi connectivity index (χ1) is 14.5. The van der Waals surface area contributed by atoms with E-state index in [1.165, 1.54) is 18.2 Å². The summed E-state index contributed by atoms with van der Waals surface area (Å²) in [6.07, 6.45) is 0. The fourth-order valence-electron chi connectivity index (χ4n) is 3.30. The van der Waals surface area contributed by atoms with Gasteiger partial charge in [-0.25, -0.2) is 9.29 Å². The van der Waals surface area contributed by atoms with Crippen LogP contribution in [0.4, 0.5) is 15.8 Å². The van der Waals surface area contributed by atoms with E-state index in [4.69, 9.17) is 4.74 Å². The van der Waals surface area contributed by atoms with Gasteiger partial charge >= 0.3 is 0 Å². The first-order valence-corrected chi connectivity index (χ1v) is 9.35. The van der Waals surface area contributed by atoms with Crippen LogP contribution in [-0.4, -0.2) is 18.9 Å². The third-order valence-electron chi connectivity index (χ3n) is 4.88. The second kappa shape index (κ2) is 7.83. The predicted molar refractivity (Wildman–Crippen MR) is 114 cm³/mol. The van der Waals surface area contributed by atoms with Crippen molar-refractivity contribution < 1.29 is 18.7 Å². The minimum atomic E-state index is -0.648. The molecule has 0 radical (unpaired) electrons. The largest absolute Gasteiger partial charge is 0.497 e. The standard InChI is InChI=1S/C24H19FN2O3/c1-15-7-11-17(12-8-15)26-22-21(16-9-13-18(30-2)14-10-16)23(28)27(24(22)29)20-6-4-3-5-19(20)25/h3-14,26H,1-2H3. The van der Waals surface area contributed by atoms with Gasteiger partial charge in [-0.05, 0) is 48.9 Å². The number of benzene rings is 3. The van der Waals surface area contributed by atoms with Gasteiger partial charge in [0.05, 0.1) is 18.4 Å². The molecule has 0 fully saturated rings. The molecule has 1 N–H and O–H groups in total. The molecule has 0 saturated heterocycles. The van der Waals surface area contributed by atoms with Crippen molar-refractivity contribution in [3.05, 3.63) is 95.4 Å². The summed E-state index contributed by atoms with van der Waals surface area (Å²) in [5, 5.41) is 3.06. The monoisotopic (exact) mass is 402 g/mol. The number of para-hydroxylation sites is 1. The van der Waals surface area contributed by atoms with Crippen LogP contribution >= 0.6 is 0 Å². The molecule has 1 aliphatic heterocycles. The fraction of sp³-hybridized carbons (Fsp3) is 0.0833. The fourth-order valence-corrected chi connectivity index (χ4v) is 3.30. The van der Waals surface area contributed by atoms with Crippen LogP contribution in [0, 0.1) is 12.7 Å². The number of hydrogen-bond acceptors (Lipinski definition) is 4. The molecule has 0 aliphatic carbocycles. The topological polar surface area (TPSA) is 58.6 Å². The summed E-state index contributed by atoms with van der Waals surface area (Å²) in [4.78, 5) is 27.4. The number of rotatable bonds is 5. The molecule has 30 heavy (non-hydrogen) atoms. The summed E-state index contributed by atoms with van der Waals surface area (Å²) in [5.74, 6) is -1.23. The first-order valence-electron chi connectivity index (χ1n) is 9.35. The van der Waals surface area contributed by atoms with Crippen LogP contribution in [0.1, 0.15) is 11.1 Å². The molecule has 150 valence electrons. The zero-order valence-corrected chi connectivity index (χ0v) is 16.5. The highest BCUT2D eigenvalue weighted by molar-refractivity contribution is 6.46. The Labute approximate surface area is 173 Å². The van der Waals surface area contributed by atoms with Gasteiger partial charge < -0.3 is 10.1 Å². The third kappa shape index (κ3) is 3.43.